The van der Waals surface area contributed by atoms with Gasteiger partial charge in [0, 0.05) is 18.4 Å². The molecule has 1 amide bonds. The Morgan fingerprint density at radius 2 is 1.96 bits per heavy atom. The first-order chi connectivity index (χ1) is 11.2. The van der Waals surface area contributed by atoms with Crippen LogP contribution in [0.15, 0.2) is 24.3 Å². The van der Waals surface area contributed by atoms with Crippen molar-refractivity contribution in [3.63, 3.8) is 0 Å². The van der Waals surface area contributed by atoms with Crippen LogP contribution in [0.25, 0.3) is 0 Å². The molecule has 2 rings (SSSR count). The Kier molecular flexibility index (Phi) is 7.29. The van der Waals surface area contributed by atoms with Gasteiger partial charge in [-0.1, -0.05) is 31.5 Å². The predicted octanol–water partition coefficient (Wildman–Crippen LogP) is 2.83. The third-order valence-electron chi connectivity index (χ3n) is 5.14. The number of aryl methyl sites for hydroxylation is 1. The standard InChI is InChI=1S/C19H30N2O3.ClH/c1-6-23-16-11-19(20,18(16,4)5)17(22)21-12-14(3)24-15-9-7-13(2)8-10-15;/h7-10,14,16H,6,11-12,20H2,1-5H3,(H,21,22);1H. The lowest BCUT2D eigenvalue weighted by Gasteiger charge is -2.57. The lowest BCUT2D eigenvalue weighted by Crippen LogP contribution is -2.76. The molecule has 0 heterocycles. The zero-order chi connectivity index (χ0) is 18.0. The molecule has 3 unspecified atom stereocenters. The molecule has 0 saturated heterocycles. The summed E-state index contributed by atoms with van der Waals surface area (Å²) in [5, 5.41) is 2.93. The second kappa shape index (κ2) is 8.39. The van der Waals surface area contributed by atoms with Crippen molar-refractivity contribution in [1.82, 2.24) is 5.32 Å². The number of nitrogens with one attached hydrogen (secondary N) is 1. The van der Waals surface area contributed by atoms with E-state index in [0.717, 1.165) is 5.75 Å². The summed E-state index contributed by atoms with van der Waals surface area (Å²) in [7, 11) is 0. The number of benzene rings is 1. The summed E-state index contributed by atoms with van der Waals surface area (Å²) >= 11 is 0. The van der Waals surface area contributed by atoms with Crippen LogP contribution in [0.5, 0.6) is 5.75 Å². The number of hydrogen-bond acceptors (Lipinski definition) is 4. The number of ether oxygens (including phenoxy) is 2. The van der Waals surface area contributed by atoms with Crippen LogP contribution in [0.3, 0.4) is 0 Å². The first-order valence-electron chi connectivity index (χ1n) is 8.63. The van der Waals surface area contributed by atoms with Gasteiger partial charge in [-0.25, -0.2) is 0 Å². The van der Waals surface area contributed by atoms with Gasteiger partial charge >= 0.3 is 0 Å². The molecule has 6 heteroatoms. The van der Waals surface area contributed by atoms with Gasteiger partial charge in [0.2, 0.25) is 5.91 Å². The van der Waals surface area contributed by atoms with E-state index in [9.17, 15) is 4.79 Å². The maximum absolute atomic E-state index is 12.6. The van der Waals surface area contributed by atoms with Crippen molar-refractivity contribution in [2.45, 2.75) is 58.8 Å². The molecule has 1 aliphatic carbocycles. The van der Waals surface area contributed by atoms with Gasteiger partial charge in [0.05, 0.1) is 12.6 Å². The monoisotopic (exact) mass is 370 g/mol. The van der Waals surface area contributed by atoms with Gasteiger partial charge in [0.1, 0.15) is 17.4 Å². The molecular weight excluding hydrogens is 340 g/mol. The summed E-state index contributed by atoms with van der Waals surface area (Å²) in [6, 6.07) is 7.86. The zero-order valence-corrected chi connectivity index (χ0v) is 16.6. The third-order valence-corrected chi connectivity index (χ3v) is 5.14. The van der Waals surface area contributed by atoms with E-state index < -0.39 is 5.54 Å². The molecule has 1 saturated carbocycles. The number of rotatable bonds is 7. The van der Waals surface area contributed by atoms with Crippen LogP contribution >= 0.6 is 12.4 Å². The average molecular weight is 371 g/mol. The Bertz CT molecular complexity index is 577. The van der Waals surface area contributed by atoms with Gasteiger partial charge in [0.25, 0.3) is 0 Å². The van der Waals surface area contributed by atoms with Crippen molar-refractivity contribution >= 4 is 18.3 Å². The van der Waals surface area contributed by atoms with E-state index >= 15 is 0 Å². The summed E-state index contributed by atoms with van der Waals surface area (Å²) in [4.78, 5) is 12.6. The van der Waals surface area contributed by atoms with Crippen molar-refractivity contribution in [1.29, 1.82) is 0 Å². The topological polar surface area (TPSA) is 73.6 Å². The van der Waals surface area contributed by atoms with Crippen LogP contribution in [0, 0.1) is 12.3 Å². The fourth-order valence-corrected chi connectivity index (χ4v) is 3.11. The molecular formula is C19H31ClN2O3. The van der Waals surface area contributed by atoms with Gasteiger partial charge in [-0.3, -0.25) is 4.79 Å². The van der Waals surface area contributed by atoms with Crippen LogP contribution in [-0.4, -0.2) is 36.8 Å². The molecule has 1 aliphatic rings. The number of carbonyl (C=O) groups is 1. The Morgan fingerprint density at radius 3 is 2.48 bits per heavy atom. The summed E-state index contributed by atoms with van der Waals surface area (Å²) in [5.41, 5.74) is 6.28. The number of halogens is 1. The van der Waals surface area contributed by atoms with Crippen LogP contribution in [-0.2, 0) is 9.53 Å². The number of amides is 1. The minimum Gasteiger partial charge on any atom is -0.489 e. The van der Waals surface area contributed by atoms with Crippen LogP contribution in [0.4, 0.5) is 0 Å². The molecule has 3 atom stereocenters. The van der Waals surface area contributed by atoms with Crippen LogP contribution in [0.1, 0.15) is 39.7 Å². The number of hydrogen-bond donors (Lipinski definition) is 2. The molecule has 3 N–H and O–H groups in total. The van der Waals surface area contributed by atoms with Gasteiger partial charge in [0.15, 0.2) is 0 Å². The predicted molar refractivity (Wildman–Crippen MR) is 102 cm³/mol. The number of nitrogens with two attached hydrogens (primary N) is 1. The van der Waals surface area contributed by atoms with Crippen molar-refractivity contribution in [2.75, 3.05) is 13.2 Å². The minimum absolute atomic E-state index is 0. The molecule has 5 nitrogen and oxygen atoms in total. The molecule has 1 aromatic rings. The molecule has 25 heavy (non-hydrogen) atoms. The maximum atomic E-state index is 12.6. The fraction of sp³-hybridized carbons (Fsp3) is 0.632. The lowest BCUT2D eigenvalue weighted by atomic mass is 9.54. The normalized spacial score (nSPS) is 25.3. The maximum Gasteiger partial charge on any atom is 0.240 e. The highest BCUT2D eigenvalue weighted by atomic mass is 35.5. The van der Waals surface area contributed by atoms with E-state index in [1.54, 1.807) is 0 Å². The van der Waals surface area contributed by atoms with Gasteiger partial charge in [-0.2, -0.15) is 0 Å². The van der Waals surface area contributed by atoms with Crippen molar-refractivity contribution in [3.8, 4) is 5.75 Å². The first kappa shape index (κ1) is 21.7. The van der Waals surface area contributed by atoms with E-state index in [0.29, 0.717) is 19.6 Å². The molecule has 1 aromatic carbocycles. The minimum atomic E-state index is -0.892. The van der Waals surface area contributed by atoms with E-state index in [1.807, 2.05) is 58.9 Å². The highest BCUT2D eigenvalue weighted by Crippen LogP contribution is 2.49. The van der Waals surface area contributed by atoms with Gasteiger partial charge in [-0.15, -0.1) is 12.4 Å². The molecule has 1 fully saturated rings. The number of carbonyl (C=O) groups excluding carboxylic acids is 1. The van der Waals surface area contributed by atoms with Crippen LogP contribution < -0.4 is 15.8 Å². The Hall–Kier alpha value is -1.30. The van der Waals surface area contributed by atoms with Crippen molar-refractivity contribution in [3.05, 3.63) is 29.8 Å². The second-order valence-electron chi connectivity index (χ2n) is 7.29. The highest BCUT2D eigenvalue weighted by Gasteiger charge is 2.62. The van der Waals surface area contributed by atoms with Crippen LogP contribution in [0.2, 0.25) is 0 Å². The Labute approximate surface area is 157 Å². The summed E-state index contributed by atoms with van der Waals surface area (Å²) in [6.07, 6.45) is 0.443. The molecule has 142 valence electrons. The van der Waals surface area contributed by atoms with Crippen molar-refractivity contribution in [2.24, 2.45) is 11.1 Å². The highest BCUT2D eigenvalue weighted by molar-refractivity contribution is 5.88. The second-order valence-corrected chi connectivity index (χ2v) is 7.29. The van der Waals surface area contributed by atoms with Gasteiger partial charge in [-0.05, 0) is 32.9 Å². The summed E-state index contributed by atoms with van der Waals surface area (Å²) < 4.78 is 11.5. The molecule has 0 aliphatic heterocycles. The van der Waals surface area contributed by atoms with E-state index in [4.69, 9.17) is 15.2 Å². The first-order valence-corrected chi connectivity index (χ1v) is 8.63. The SMILES string of the molecule is CCOC1CC(N)(C(=O)NCC(C)Oc2ccc(C)cc2)C1(C)C.Cl. The largest absolute Gasteiger partial charge is 0.489 e. The fourth-order valence-electron chi connectivity index (χ4n) is 3.11. The third kappa shape index (κ3) is 4.46. The molecule has 0 radical (unpaired) electrons. The van der Waals surface area contributed by atoms with Gasteiger partial charge < -0.3 is 20.5 Å². The molecule has 0 spiro atoms. The van der Waals surface area contributed by atoms with E-state index in [1.165, 1.54) is 5.56 Å². The van der Waals surface area contributed by atoms with E-state index in [-0.39, 0.29) is 35.9 Å². The summed E-state index contributed by atoms with van der Waals surface area (Å²) in [5.74, 6) is 0.660. The zero-order valence-electron chi connectivity index (χ0n) is 15.8. The summed E-state index contributed by atoms with van der Waals surface area (Å²) in [6.45, 7) is 10.9. The Morgan fingerprint density at radius 1 is 1.36 bits per heavy atom. The Balaban J connectivity index is 0.00000312. The van der Waals surface area contributed by atoms with Crippen molar-refractivity contribution < 1.29 is 14.3 Å². The smallest absolute Gasteiger partial charge is 0.240 e. The lowest BCUT2D eigenvalue weighted by molar-refractivity contribution is -0.170. The quantitative estimate of drug-likeness (QED) is 0.774. The molecule has 0 aromatic heterocycles. The molecule has 0 bridgehead atoms. The average Bonchev–Trinajstić information content (AvgIpc) is 2.54. The van der Waals surface area contributed by atoms with E-state index in [2.05, 4.69) is 5.32 Å².